The van der Waals surface area contributed by atoms with E-state index in [9.17, 15) is 0 Å². The first-order chi connectivity index (χ1) is 7.10. The summed E-state index contributed by atoms with van der Waals surface area (Å²) in [6, 6.07) is 5.73. The van der Waals surface area contributed by atoms with Gasteiger partial charge in [0.1, 0.15) is 5.75 Å². The molecule has 0 amide bonds. The van der Waals surface area contributed by atoms with Crippen LogP contribution in [0.25, 0.3) is 0 Å². The number of methoxy groups -OCH3 is 1. The molecule has 1 unspecified atom stereocenters. The average Bonchev–Trinajstić information content (AvgIpc) is 2.20. The van der Waals surface area contributed by atoms with Crippen LogP contribution in [0.2, 0.25) is 0 Å². The van der Waals surface area contributed by atoms with Crippen molar-refractivity contribution in [3.63, 3.8) is 0 Å². The van der Waals surface area contributed by atoms with E-state index in [4.69, 9.17) is 10.6 Å². The molecule has 0 radical (unpaired) electrons. The number of nitrogens with two attached hydrogens (primary N) is 1. The Morgan fingerprint density at radius 3 is 2.73 bits per heavy atom. The number of halogens is 1. The van der Waals surface area contributed by atoms with E-state index in [1.807, 2.05) is 25.1 Å². The second kappa shape index (κ2) is 5.30. The normalized spacial score (nSPS) is 12.3. The Morgan fingerprint density at radius 2 is 2.27 bits per heavy atom. The molecule has 0 aliphatic rings. The molecule has 1 rings (SSSR count). The zero-order valence-corrected chi connectivity index (χ0v) is 10.5. The Balaban J connectivity index is 3.16. The Hall–Kier alpha value is -0.840. The number of hydrogen-bond acceptors (Lipinski definition) is 3. The molecule has 1 atom stereocenters. The third kappa shape index (κ3) is 2.81. The van der Waals surface area contributed by atoms with Crippen LogP contribution in [0.15, 0.2) is 34.8 Å². The monoisotopic (exact) mass is 270 g/mol. The number of benzene rings is 1. The summed E-state index contributed by atoms with van der Waals surface area (Å²) in [4.78, 5) is 0. The maximum absolute atomic E-state index is 5.49. The Morgan fingerprint density at radius 1 is 1.60 bits per heavy atom. The van der Waals surface area contributed by atoms with Gasteiger partial charge in [-0.15, -0.1) is 0 Å². The van der Waals surface area contributed by atoms with Crippen LogP contribution >= 0.6 is 15.9 Å². The van der Waals surface area contributed by atoms with Gasteiger partial charge in [-0.1, -0.05) is 34.1 Å². The molecule has 0 bridgehead atoms. The van der Waals surface area contributed by atoms with Gasteiger partial charge in [0.15, 0.2) is 0 Å². The summed E-state index contributed by atoms with van der Waals surface area (Å²) < 4.78 is 6.27. The lowest BCUT2D eigenvalue weighted by molar-refractivity contribution is 0.403. The second-order valence-corrected chi connectivity index (χ2v) is 4.25. The van der Waals surface area contributed by atoms with Crippen molar-refractivity contribution in [2.45, 2.75) is 13.0 Å². The first-order valence-electron chi connectivity index (χ1n) is 4.55. The van der Waals surface area contributed by atoms with Crippen LogP contribution < -0.4 is 16.0 Å². The summed E-state index contributed by atoms with van der Waals surface area (Å²) in [7, 11) is 1.64. The lowest BCUT2D eigenvalue weighted by atomic mass is 10.0. The fraction of sp³-hybridized carbons (Fsp3) is 0.273. The molecule has 3 nitrogen and oxygen atoms in total. The first kappa shape index (κ1) is 12.2. The van der Waals surface area contributed by atoms with E-state index in [-0.39, 0.29) is 6.04 Å². The van der Waals surface area contributed by atoms with Gasteiger partial charge in [0.05, 0.1) is 13.2 Å². The van der Waals surface area contributed by atoms with Crippen molar-refractivity contribution in [3.8, 4) is 5.75 Å². The van der Waals surface area contributed by atoms with Gasteiger partial charge < -0.3 is 4.74 Å². The van der Waals surface area contributed by atoms with Crippen molar-refractivity contribution < 1.29 is 4.74 Å². The minimum atomic E-state index is -0.0898. The van der Waals surface area contributed by atoms with Crippen molar-refractivity contribution in [2.24, 2.45) is 5.84 Å². The SMILES string of the molecule is C=C(C)C(NN)c1ccc(Br)cc1OC. The first-order valence-corrected chi connectivity index (χ1v) is 5.34. The topological polar surface area (TPSA) is 47.3 Å². The maximum Gasteiger partial charge on any atom is 0.125 e. The summed E-state index contributed by atoms with van der Waals surface area (Å²) in [6.45, 7) is 5.81. The molecule has 0 spiro atoms. The second-order valence-electron chi connectivity index (χ2n) is 3.33. The number of hydrazine groups is 1. The van der Waals surface area contributed by atoms with Crippen LogP contribution in [-0.4, -0.2) is 7.11 Å². The molecule has 0 saturated carbocycles. The summed E-state index contributed by atoms with van der Waals surface area (Å²) in [6.07, 6.45) is 0. The average molecular weight is 271 g/mol. The summed E-state index contributed by atoms with van der Waals surface area (Å²) in [5, 5.41) is 0. The Kier molecular flexibility index (Phi) is 4.32. The molecule has 82 valence electrons. The predicted octanol–water partition coefficient (Wildman–Crippen LogP) is 2.54. The number of ether oxygens (including phenoxy) is 1. The predicted molar refractivity (Wildman–Crippen MR) is 65.6 cm³/mol. The number of rotatable bonds is 4. The zero-order valence-electron chi connectivity index (χ0n) is 8.88. The lowest BCUT2D eigenvalue weighted by Crippen LogP contribution is -2.28. The van der Waals surface area contributed by atoms with Gasteiger partial charge in [0.2, 0.25) is 0 Å². The molecule has 1 aromatic rings. The quantitative estimate of drug-likeness (QED) is 0.502. The zero-order chi connectivity index (χ0) is 11.4. The Labute approximate surface area is 98.4 Å². The Bertz CT molecular complexity index is 366. The minimum absolute atomic E-state index is 0.0898. The van der Waals surface area contributed by atoms with E-state index in [2.05, 4.69) is 27.9 Å². The molecular weight excluding hydrogens is 256 g/mol. The van der Waals surface area contributed by atoms with Gasteiger partial charge in [0.25, 0.3) is 0 Å². The van der Waals surface area contributed by atoms with Crippen molar-refractivity contribution in [2.75, 3.05) is 7.11 Å². The number of nitrogens with one attached hydrogen (secondary N) is 1. The van der Waals surface area contributed by atoms with E-state index in [0.29, 0.717) is 0 Å². The smallest absolute Gasteiger partial charge is 0.125 e. The van der Waals surface area contributed by atoms with E-state index >= 15 is 0 Å². The molecule has 0 heterocycles. The van der Waals surface area contributed by atoms with Crippen LogP contribution in [0.3, 0.4) is 0 Å². The fourth-order valence-corrected chi connectivity index (χ4v) is 1.76. The van der Waals surface area contributed by atoms with Crippen molar-refractivity contribution >= 4 is 15.9 Å². The van der Waals surface area contributed by atoms with Gasteiger partial charge in [-0.3, -0.25) is 5.84 Å². The van der Waals surface area contributed by atoms with E-state index in [1.165, 1.54) is 0 Å². The molecule has 1 aromatic carbocycles. The summed E-state index contributed by atoms with van der Waals surface area (Å²) >= 11 is 3.39. The van der Waals surface area contributed by atoms with Crippen LogP contribution in [-0.2, 0) is 0 Å². The van der Waals surface area contributed by atoms with Gasteiger partial charge in [0, 0.05) is 10.0 Å². The molecule has 0 aliphatic heterocycles. The molecular formula is C11H15BrN2O. The molecule has 0 aliphatic carbocycles. The van der Waals surface area contributed by atoms with E-state index < -0.39 is 0 Å². The third-order valence-electron chi connectivity index (χ3n) is 2.17. The largest absolute Gasteiger partial charge is 0.496 e. The van der Waals surface area contributed by atoms with Crippen molar-refractivity contribution in [3.05, 3.63) is 40.4 Å². The molecule has 3 N–H and O–H groups in total. The summed E-state index contributed by atoms with van der Waals surface area (Å²) in [5.41, 5.74) is 4.64. The highest BCUT2D eigenvalue weighted by Gasteiger charge is 2.15. The van der Waals surface area contributed by atoms with Crippen LogP contribution in [0.5, 0.6) is 5.75 Å². The maximum atomic E-state index is 5.49. The highest BCUT2D eigenvalue weighted by Crippen LogP contribution is 2.31. The molecule has 0 aromatic heterocycles. The van der Waals surface area contributed by atoms with E-state index in [0.717, 1.165) is 21.4 Å². The fourth-order valence-electron chi connectivity index (χ4n) is 1.42. The van der Waals surface area contributed by atoms with Gasteiger partial charge in [-0.2, -0.15) is 0 Å². The van der Waals surface area contributed by atoms with Crippen LogP contribution in [0.4, 0.5) is 0 Å². The highest BCUT2D eigenvalue weighted by molar-refractivity contribution is 9.10. The van der Waals surface area contributed by atoms with Crippen molar-refractivity contribution in [1.29, 1.82) is 0 Å². The van der Waals surface area contributed by atoms with Crippen LogP contribution in [0, 0.1) is 0 Å². The highest BCUT2D eigenvalue weighted by atomic mass is 79.9. The molecule has 0 saturated heterocycles. The lowest BCUT2D eigenvalue weighted by Gasteiger charge is -2.19. The number of hydrogen-bond donors (Lipinski definition) is 2. The minimum Gasteiger partial charge on any atom is -0.496 e. The van der Waals surface area contributed by atoms with Gasteiger partial charge >= 0.3 is 0 Å². The molecule has 0 fully saturated rings. The van der Waals surface area contributed by atoms with Gasteiger partial charge in [-0.05, 0) is 19.1 Å². The third-order valence-corrected chi connectivity index (χ3v) is 2.66. The van der Waals surface area contributed by atoms with Gasteiger partial charge in [-0.25, -0.2) is 5.43 Å². The van der Waals surface area contributed by atoms with E-state index in [1.54, 1.807) is 7.11 Å². The molecule has 15 heavy (non-hydrogen) atoms. The standard InChI is InChI=1S/C11H15BrN2O/c1-7(2)11(14-13)9-5-4-8(12)6-10(9)15-3/h4-6,11,14H,1,13H2,2-3H3. The van der Waals surface area contributed by atoms with Crippen LogP contribution in [0.1, 0.15) is 18.5 Å². The summed E-state index contributed by atoms with van der Waals surface area (Å²) in [5.74, 6) is 6.28. The van der Waals surface area contributed by atoms with Crippen molar-refractivity contribution in [1.82, 2.24) is 5.43 Å². The molecule has 4 heteroatoms.